The van der Waals surface area contributed by atoms with Crippen molar-refractivity contribution in [2.45, 2.75) is 19.8 Å². The number of pyridine rings is 1. The van der Waals surface area contributed by atoms with Crippen LogP contribution < -0.4 is 20.4 Å². The number of nitrogens with zero attached hydrogens (tertiary/aromatic N) is 4. The van der Waals surface area contributed by atoms with E-state index >= 15 is 4.39 Å². The summed E-state index contributed by atoms with van der Waals surface area (Å²) >= 11 is 6.26. The lowest BCUT2D eigenvalue weighted by molar-refractivity contribution is -0.129. The number of ether oxygens (including phenoxy) is 1. The molecule has 0 bridgehead atoms. The zero-order valence-corrected chi connectivity index (χ0v) is 22.4. The Labute approximate surface area is 229 Å². The SMILES string of the molecule is CC(=O)N1CCN(c2c(F)cc3c(=O)c(C(=O)NCCN4CCCC4)cn4c3c2Oc2cc(Cl)ccc2-4)CC1. The summed E-state index contributed by atoms with van der Waals surface area (Å²) in [4.78, 5) is 44.4. The van der Waals surface area contributed by atoms with E-state index in [0.29, 0.717) is 61.2 Å². The molecule has 3 aliphatic heterocycles. The minimum absolute atomic E-state index is 0.0325. The summed E-state index contributed by atoms with van der Waals surface area (Å²) in [5.41, 5.74) is 0.553. The van der Waals surface area contributed by atoms with E-state index in [9.17, 15) is 14.4 Å². The molecule has 3 aromatic rings. The molecule has 1 aromatic heterocycles. The first-order chi connectivity index (χ1) is 18.8. The maximum atomic E-state index is 15.8. The van der Waals surface area contributed by atoms with E-state index in [-0.39, 0.29) is 28.3 Å². The van der Waals surface area contributed by atoms with Crippen molar-refractivity contribution in [3.8, 4) is 17.2 Å². The number of fused-ring (bicyclic) bond motifs is 2. The molecule has 9 nitrogen and oxygen atoms in total. The van der Waals surface area contributed by atoms with Gasteiger partial charge < -0.3 is 29.3 Å². The highest BCUT2D eigenvalue weighted by Gasteiger charge is 2.32. The van der Waals surface area contributed by atoms with Crippen molar-refractivity contribution in [2.24, 2.45) is 0 Å². The summed E-state index contributed by atoms with van der Waals surface area (Å²) < 4.78 is 23.8. The van der Waals surface area contributed by atoms with Gasteiger partial charge in [-0.05, 0) is 44.1 Å². The summed E-state index contributed by atoms with van der Waals surface area (Å²) in [6, 6.07) is 6.26. The molecule has 6 rings (SSSR count). The van der Waals surface area contributed by atoms with Crippen LogP contribution in [0.5, 0.6) is 11.5 Å². The van der Waals surface area contributed by atoms with Crippen LogP contribution in [-0.4, -0.2) is 78.5 Å². The van der Waals surface area contributed by atoms with Gasteiger partial charge in [-0.2, -0.15) is 0 Å². The number of hydrogen-bond acceptors (Lipinski definition) is 6. The van der Waals surface area contributed by atoms with Gasteiger partial charge in [0, 0.05) is 63.5 Å². The molecular weight excluding hydrogens is 525 g/mol. The van der Waals surface area contributed by atoms with Crippen molar-refractivity contribution >= 4 is 40.0 Å². The molecule has 2 fully saturated rings. The number of piperazine rings is 1. The second-order valence-corrected chi connectivity index (χ2v) is 10.6. The summed E-state index contributed by atoms with van der Waals surface area (Å²) in [5.74, 6) is -0.591. The van der Waals surface area contributed by atoms with Crippen LogP contribution in [0.4, 0.5) is 10.1 Å². The highest BCUT2D eigenvalue weighted by atomic mass is 35.5. The molecule has 0 radical (unpaired) electrons. The van der Waals surface area contributed by atoms with Crippen LogP contribution in [0, 0.1) is 5.82 Å². The number of benzene rings is 2. The number of rotatable bonds is 5. The molecule has 2 aromatic carbocycles. The number of nitrogens with one attached hydrogen (secondary N) is 1. The third kappa shape index (κ3) is 4.61. The number of amides is 2. The van der Waals surface area contributed by atoms with E-state index < -0.39 is 17.2 Å². The molecule has 0 aliphatic carbocycles. The predicted molar refractivity (Wildman–Crippen MR) is 147 cm³/mol. The first-order valence-corrected chi connectivity index (χ1v) is 13.6. The molecule has 204 valence electrons. The number of halogens is 2. The molecular formula is C28H29ClFN5O4. The summed E-state index contributed by atoms with van der Waals surface area (Å²) in [6.07, 6.45) is 3.80. The van der Waals surface area contributed by atoms with E-state index in [1.54, 1.807) is 27.7 Å². The fourth-order valence-corrected chi connectivity index (χ4v) is 5.87. The number of anilines is 1. The standard InChI is InChI=1S/C28H29ClFN5O4/c1-17(36)33-10-12-34(13-11-33)25-21(30)15-19-24-27(25)39-23-14-18(29)4-5-22(23)35(24)16-20(26(19)37)28(38)31-6-9-32-7-2-3-8-32/h4-5,14-16H,2-3,6-13H2,1H3,(H,31,38). The van der Waals surface area contributed by atoms with Crippen LogP contribution in [-0.2, 0) is 4.79 Å². The normalized spacial score (nSPS) is 16.8. The Morgan fingerprint density at radius 1 is 1.08 bits per heavy atom. The smallest absolute Gasteiger partial charge is 0.256 e. The van der Waals surface area contributed by atoms with Gasteiger partial charge in [-0.25, -0.2) is 4.39 Å². The average Bonchev–Trinajstić information content (AvgIpc) is 3.43. The lowest BCUT2D eigenvalue weighted by Gasteiger charge is -2.37. The minimum Gasteiger partial charge on any atom is -0.451 e. The number of aromatic nitrogens is 1. The van der Waals surface area contributed by atoms with Crippen molar-refractivity contribution in [1.29, 1.82) is 0 Å². The maximum absolute atomic E-state index is 15.8. The molecule has 3 aliphatic rings. The fraction of sp³-hybridized carbons (Fsp3) is 0.393. The van der Waals surface area contributed by atoms with Gasteiger partial charge in [-0.15, -0.1) is 0 Å². The zero-order valence-electron chi connectivity index (χ0n) is 21.6. The van der Waals surface area contributed by atoms with E-state index in [0.717, 1.165) is 25.9 Å². The van der Waals surface area contributed by atoms with Gasteiger partial charge in [0.15, 0.2) is 17.3 Å². The molecule has 2 saturated heterocycles. The first kappa shape index (κ1) is 25.6. The first-order valence-electron chi connectivity index (χ1n) is 13.2. The van der Waals surface area contributed by atoms with Gasteiger partial charge in [-0.3, -0.25) is 14.4 Å². The number of likely N-dealkylation sites (tertiary alicyclic amines) is 1. The largest absolute Gasteiger partial charge is 0.451 e. The third-order valence-electron chi connectivity index (χ3n) is 7.76. The van der Waals surface area contributed by atoms with Crippen LogP contribution in [0.3, 0.4) is 0 Å². The van der Waals surface area contributed by atoms with Gasteiger partial charge in [0.25, 0.3) is 5.91 Å². The highest BCUT2D eigenvalue weighted by molar-refractivity contribution is 6.30. The molecule has 0 spiro atoms. The van der Waals surface area contributed by atoms with Gasteiger partial charge in [0.2, 0.25) is 11.3 Å². The van der Waals surface area contributed by atoms with Crippen LogP contribution in [0.25, 0.3) is 16.6 Å². The second-order valence-electron chi connectivity index (χ2n) is 10.2. The fourth-order valence-electron chi connectivity index (χ4n) is 5.71. The van der Waals surface area contributed by atoms with Crippen LogP contribution in [0.2, 0.25) is 5.02 Å². The molecule has 1 N–H and O–H groups in total. The quantitative estimate of drug-likeness (QED) is 0.408. The molecule has 0 atom stereocenters. The number of carbonyl (C=O) groups is 2. The van der Waals surface area contributed by atoms with Crippen molar-refractivity contribution in [3.05, 3.63) is 57.1 Å². The Morgan fingerprint density at radius 2 is 1.82 bits per heavy atom. The average molecular weight is 554 g/mol. The Bertz CT molecular complexity index is 1540. The van der Waals surface area contributed by atoms with Crippen molar-refractivity contribution in [2.75, 3.05) is 57.3 Å². The van der Waals surface area contributed by atoms with Crippen molar-refractivity contribution < 1.29 is 18.7 Å². The lowest BCUT2D eigenvalue weighted by Crippen LogP contribution is -2.48. The Hall–Kier alpha value is -3.63. The van der Waals surface area contributed by atoms with E-state index in [1.165, 1.54) is 19.2 Å². The predicted octanol–water partition coefficient (Wildman–Crippen LogP) is 3.38. The van der Waals surface area contributed by atoms with E-state index in [2.05, 4.69) is 10.2 Å². The monoisotopic (exact) mass is 553 g/mol. The number of carbonyl (C=O) groups excluding carboxylic acids is 2. The minimum atomic E-state index is -0.630. The molecule has 0 saturated carbocycles. The Kier molecular flexibility index (Phi) is 6.68. The molecule has 4 heterocycles. The molecule has 39 heavy (non-hydrogen) atoms. The van der Waals surface area contributed by atoms with Crippen LogP contribution in [0.1, 0.15) is 30.1 Å². The van der Waals surface area contributed by atoms with Crippen molar-refractivity contribution in [1.82, 2.24) is 19.7 Å². The van der Waals surface area contributed by atoms with Gasteiger partial charge in [0.1, 0.15) is 16.8 Å². The van der Waals surface area contributed by atoms with E-state index in [4.69, 9.17) is 16.3 Å². The van der Waals surface area contributed by atoms with E-state index in [1.807, 2.05) is 4.90 Å². The highest BCUT2D eigenvalue weighted by Crippen LogP contribution is 2.47. The second kappa shape index (κ2) is 10.2. The summed E-state index contributed by atoms with van der Waals surface area (Å²) in [6.45, 7) is 6.34. The zero-order chi connectivity index (χ0) is 27.3. The Morgan fingerprint density at radius 3 is 2.54 bits per heavy atom. The summed E-state index contributed by atoms with van der Waals surface area (Å²) in [5, 5.41) is 3.35. The van der Waals surface area contributed by atoms with Gasteiger partial charge >= 0.3 is 0 Å². The molecule has 11 heteroatoms. The topological polar surface area (TPSA) is 87.1 Å². The lowest BCUT2D eigenvalue weighted by atomic mass is 10.0. The third-order valence-corrected chi connectivity index (χ3v) is 8.00. The van der Waals surface area contributed by atoms with Gasteiger partial charge in [-0.1, -0.05) is 11.6 Å². The molecule has 2 amide bonds. The Balaban J connectivity index is 1.44. The van der Waals surface area contributed by atoms with Gasteiger partial charge in [0.05, 0.1) is 11.1 Å². The van der Waals surface area contributed by atoms with Crippen LogP contribution in [0.15, 0.2) is 35.3 Å². The molecule has 0 unspecified atom stereocenters. The van der Waals surface area contributed by atoms with Crippen molar-refractivity contribution in [3.63, 3.8) is 0 Å². The maximum Gasteiger partial charge on any atom is 0.256 e. The number of hydrogen-bond donors (Lipinski definition) is 1. The van der Waals surface area contributed by atoms with Crippen LogP contribution >= 0.6 is 11.6 Å². The summed E-state index contributed by atoms with van der Waals surface area (Å²) in [7, 11) is 0.